The van der Waals surface area contributed by atoms with Gasteiger partial charge in [0.15, 0.2) is 11.5 Å². The zero-order valence-corrected chi connectivity index (χ0v) is 19.0. The molecular weight excluding hydrogens is 499 g/mol. The summed E-state index contributed by atoms with van der Waals surface area (Å²) in [5, 5.41) is 3.52. The number of hydrogen-bond acceptors (Lipinski definition) is 3. The highest BCUT2D eigenvalue weighted by Crippen LogP contribution is 2.38. The molecule has 0 radical (unpaired) electrons. The van der Waals surface area contributed by atoms with Crippen LogP contribution in [-0.4, -0.2) is 6.61 Å². The lowest BCUT2D eigenvalue weighted by molar-refractivity contribution is 0.264. The van der Waals surface area contributed by atoms with Crippen LogP contribution in [0.4, 0.5) is 14.5 Å². The summed E-state index contributed by atoms with van der Waals surface area (Å²) < 4.78 is 39.5. The van der Waals surface area contributed by atoms with Crippen LogP contribution in [0.2, 0.25) is 10.0 Å². The topological polar surface area (TPSA) is 30.5 Å². The van der Waals surface area contributed by atoms with E-state index in [4.69, 9.17) is 32.7 Å². The lowest BCUT2D eigenvalue weighted by Crippen LogP contribution is -2.05. The van der Waals surface area contributed by atoms with Crippen LogP contribution in [0.25, 0.3) is 0 Å². The summed E-state index contributed by atoms with van der Waals surface area (Å²) in [7, 11) is 0. The summed E-state index contributed by atoms with van der Waals surface area (Å²) in [6.45, 7) is 2.68. The van der Waals surface area contributed by atoms with E-state index in [1.165, 1.54) is 18.2 Å². The maximum Gasteiger partial charge on any atom is 0.175 e. The van der Waals surface area contributed by atoms with Gasteiger partial charge in [0, 0.05) is 17.8 Å². The van der Waals surface area contributed by atoms with E-state index in [0.29, 0.717) is 39.8 Å². The summed E-state index contributed by atoms with van der Waals surface area (Å²) in [6, 6.07) is 12.6. The molecule has 0 saturated heterocycles. The standard InChI is InChI=1S/C22H18BrCl2F2NO2/c1-2-29-21-9-13(11-28-14-6-7-20(27)18(25)10-14)8-16(23)22(21)30-12-15-17(24)4-3-5-19(15)26/h3-10,28H,2,11-12H2,1H3. The second-order valence-corrected chi connectivity index (χ2v) is 7.98. The minimum absolute atomic E-state index is 0.0458. The fraction of sp³-hybridized carbons (Fsp3) is 0.182. The Balaban J connectivity index is 1.78. The van der Waals surface area contributed by atoms with Gasteiger partial charge in [0.25, 0.3) is 0 Å². The van der Waals surface area contributed by atoms with Crippen molar-refractivity contribution in [2.24, 2.45) is 0 Å². The van der Waals surface area contributed by atoms with E-state index in [9.17, 15) is 8.78 Å². The average Bonchev–Trinajstić information content (AvgIpc) is 2.70. The SMILES string of the molecule is CCOc1cc(CNc2ccc(F)c(Cl)c2)cc(Br)c1OCc1c(F)cccc1Cl. The fourth-order valence-electron chi connectivity index (χ4n) is 2.75. The first-order valence-corrected chi connectivity index (χ1v) is 10.6. The second kappa shape index (κ2) is 10.3. The number of hydrogen-bond donors (Lipinski definition) is 1. The predicted octanol–water partition coefficient (Wildman–Crippen LogP) is 7.62. The van der Waals surface area contributed by atoms with Gasteiger partial charge in [0.05, 0.1) is 21.1 Å². The van der Waals surface area contributed by atoms with Gasteiger partial charge in [-0.15, -0.1) is 0 Å². The number of nitrogens with one attached hydrogen (secondary N) is 1. The van der Waals surface area contributed by atoms with Gasteiger partial charge in [0.1, 0.15) is 18.2 Å². The summed E-state index contributed by atoms with van der Waals surface area (Å²) in [6.07, 6.45) is 0. The molecule has 0 amide bonds. The van der Waals surface area contributed by atoms with E-state index >= 15 is 0 Å². The van der Waals surface area contributed by atoms with Crippen LogP contribution in [0.5, 0.6) is 11.5 Å². The molecule has 3 rings (SSSR count). The monoisotopic (exact) mass is 515 g/mol. The number of halogens is 5. The summed E-state index contributed by atoms with van der Waals surface area (Å²) in [4.78, 5) is 0. The molecule has 30 heavy (non-hydrogen) atoms. The first-order chi connectivity index (χ1) is 14.4. The minimum Gasteiger partial charge on any atom is -0.490 e. The Labute approximate surface area is 192 Å². The van der Waals surface area contributed by atoms with Crippen molar-refractivity contribution in [2.75, 3.05) is 11.9 Å². The Morgan fingerprint density at radius 3 is 2.47 bits per heavy atom. The zero-order chi connectivity index (χ0) is 21.7. The minimum atomic E-state index is -0.472. The van der Waals surface area contributed by atoms with E-state index < -0.39 is 11.6 Å². The molecule has 0 aliphatic heterocycles. The number of benzene rings is 3. The third-order valence-corrected chi connectivity index (χ3v) is 5.44. The first kappa shape index (κ1) is 22.7. The molecular formula is C22H18BrCl2F2NO2. The number of ether oxygens (including phenoxy) is 2. The van der Waals surface area contributed by atoms with Crippen molar-refractivity contribution in [3.05, 3.63) is 85.8 Å². The largest absolute Gasteiger partial charge is 0.490 e. The van der Waals surface area contributed by atoms with Gasteiger partial charge >= 0.3 is 0 Å². The molecule has 0 aliphatic carbocycles. The van der Waals surface area contributed by atoms with Crippen LogP contribution in [0, 0.1) is 11.6 Å². The van der Waals surface area contributed by atoms with Gasteiger partial charge in [-0.2, -0.15) is 0 Å². The molecule has 0 saturated carbocycles. The third kappa shape index (κ3) is 5.56. The van der Waals surface area contributed by atoms with Crippen molar-refractivity contribution in [3.63, 3.8) is 0 Å². The van der Waals surface area contributed by atoms with Gasteiger partial charge in [0.2, 0.25) is 0 Å². The number of rotatable bonds is 8. The molecule has 3 aromatic carbocycles. The molecule has 8 heteroatoms. The molecule has 0 aromatic heterocycles. The lowest BCUT2D eigenvalue weighted by Gasteiger charge is -2.17. The van der Waals surface area contributed by atoms with Crippen molar-refractivity contribution in [1.29, 1.82) is 0 Å². The Kier molecular flexibility index (Phi) is 7.81. The summed E-state index contributed by atoms with van der Waals surface area (Å²) in [5.74, 6) is 0.0495. The maximum atomic E-state index is 14.0. The van der Waals surface area contributed by atoms with Crippen molar-refractivity contribution in [2.45, 2.75) is 20.1 Å². The van der Waals surface area contributed by atoms with E-state index in [0.717, 1.165) is 5.56 Å². The highest BCUT2D eigenvalue weighted by molar-refractivity contribution is 9.10. The molecule has 0 heterocycles. The normalized spacial score (nSPS) is 10.7. The molecule has 1 N–H and O–H groups in total. The lowest BCUT2D eigenvalue weighted by atomic mass is 10.2. The number of anilines is 1. The Hall–Kier alpha value is -2.02. The quantitative estimate of drug-likeness (QED) is 0.334. The summed E-state index contributed by atoms with van der Waals surface area (Å²) >= 11 is 15.4. The van der Waals surface area contributed by atoms with E-state index in [1.807, 2.05) is 19.1 Å². The van der Waals surface area contributed by atoms with Gasteiger partial charge in [-0.3, -0.25) is 0 Å². The molecule has 0 aliphatic rings. The molecule has 0 unspecified atom stereocenters. The van der Waals surface area contributed by atoms with Crippen molar-refractivity contribution < 1.29 is 18.3 Å². The second-order valence-electron chi connectivity index (χ2n) is 6.31. The van der Waals surface area contributed by atoms with Gasteiger partial charge < -0.3 is 14.8 Å². The average molecular weight is 517 g/mol. The maximum absolute atomic E-state index is 14.0. The molecule has 158 valence electrons. The molecule has 0 fully saturated rings. The third-order valence-electron chi connectivity index (χ3n) is 4.21. The molecule has 0 atom stereocenters. The van der Waals surface area contributed by atoms with Crippen LogP contribution < -0.4 is 14.8 Å². The van der Waals surface area contributed by atoms with Crippen LogP contribution in [-0.2, 0) is 13.2 Å². The fourth-order valence-corrected chi connectivity index (χ4v) is 3.75. The Bertz CT molecular complexity index is 1030. The Morgan fingerprint density at radius 2 is 1.77 bits per heavy atom. The smallest absolute Gasteiger partial charge is 0.175 e. The zero-order valence-electron chi connectivity index (χ0n) is 15.9. The van der Waals surface area contributed by atoms with Crippen LogP contribution >= 0.6 is 39.1 Å². The van der Waals surface area contributed by atoms with E-state index in [1.54, 1.807) is 18.2 Å². The van der Waals surface area contributed by atoms with E-state index in [2.05, 4.69) is 21.2 Å². The van der Waals surface area contributed by atoms with Gasteiger partial charge in [-0.05, 0) is 70.9 Å². The Morgan fingerprint density at radius 1 is 0.967 bits per heavy atom. The highest BCUT2D eigenvalue weighted by atomic mass is 79.9. The van der Waals surface area contributed by atoms with E-state index in [-0.39, 0.29) is 17.2 Å². The molecule has 3 aromatic rings. The molecule has 0 bridgehead atoms. The van der Waals surface area contributed by atoms with Crippen LogP contribution in [0.15, 0.2) is 53.0 Å². The molecule has 3 nitrogen and oxygen atoms in total. The van der Waals surface area contributed by atoms with Crippen LogP contribution in [0.3, 0.4) is 0 Å². The first-order valence-electron chi connectivity index (χ1n) is 9.09. The van der Waals surface area contributed by atoms with Gasteiger partial charge in [-0.25, -0.2) is 8.78 Å². The van der Waals surface area contributed by atoms with Crippen molar-refractivity contribution in [3.8, 4) is 11.5 Å². The highest BCUT2D eigenvalue weighted by Gasteiger charge is 2.15. The van der Waals surface area contributed by atoms with Crippen molar-refractivity contribution in [1.82, 2.24) is 0 Å². The molecule has 0 spiro atoms. The van der Waals surface area contributed by atoms with Gasteiger partial charge in [-0.1, -0.05) is 29.3 Å². The predicted molar refractivity (Wildman–Crippen MR) is 120 cm³/mol. The van der Waals surface area contributed by atoms with Crippen LogP contribution in [0.1, 0.15) is 18.1 Å². The van der Waals surface area contributed by atoms with Crippen molar-refractivity contribution >= 4 is 44.8 Å². The summed E-state index contributed by atoms with van der Waals surface area (Å²) in [5.41, 5.74) is 1.85.